The van der Waals surface area contributed by atoms with Gasteiger partial charge in [0, 0.05) is 17.2 Å². The van der Waals surface area contributed by atoms with E-state index >= 15 is 0 Å². The molecule has 1 aromatic carbocycles. The van der Waals surface area contributed by atoms with Crippen molar-refractivity contribution in [2.75, 3.05) is 26.6 Å². The number of amides is 1. The van der Waals surface area contributed by atoms with Gasteiger partial charge in [-0.15, -0.1) is 11.3 Å². The van der Waals surface area contributed by atoms with E-state index in [1.807, 2.05) is 12.1 Å². The van der Waals surface area contributed by atoms with E-state index in [9.17, 15) is 4.79 Å². The van der Waals surface area contributed by atoms with Crippen LogP contribution in [0.5, 0.6) is 17.2 Å². The number of anilines is 1. The lowest BCUT2D eigenvalue weighted by atomic mass is 9.71. The third kappa shape index (κ3) is 3.55. The molecule has 0 saturated carbocycles. The van der Waals surface area contributed by atoms with E-state index in [0.717, 1.165) is 23.4 Å². The zero-order valence-electron chi connectivity index (χ0n) is 18.7. The number of hydrogen-bond donors (Lipinski definition) is 1. The molecule has 0 spiro atoms. The summed E-state index contributed by atoms with van der Waals surface area (Å²) in [5.74, 6) is 2.54. The minimum Gasteiger partial charge on any atom is -0.493 e. The molecule has 1 amide bonds. The number of nitrogens with one attached hydrogen (secondary N) is 1. The van der Waals surface area contributed by atoms with Crippen LogP contribution in [0.4, 0.5) is 5.00 Å². The topological polar surface area (TPSA) is 56.8 Å². The van der Waals surface area contributed by atoms with Crippen LogP contribution in [-0.4, -0.2) is 27.2 Å². The molecule has 0 radical (unpaired) electrons. The highest BCUT2D eigenvalue weighted by atomic mass is 32.1. The van der Waals surface area contributed by atoms with Crippen LogP contribution in [0, 0.1) is 11.3 Å². The van der Waals surface area contributed by atoms with E-state index in [-0.39, 0.29) is 11.8 Å². The van der Waals surface area contributed by atoms with E-state index in [1.165, 1.54) is 22.4 Å². The van der Waals surface area contributed by atoms with Gasteiger partial charge in [-0.2, -0.15) is 0 Å². The summed E-state index contributed by atoms with van der Waals surface area (Å²) >= 11 is 1.77. The number of thiophene rings is 1. The average Bonchev–Trinajstić information content (AvgIpc) is 3.08. The summed E-state index contributed by atoms with van der Waals surface area (Å²) in [5.41, 5.74) is 4.05. The molecule has 2 heterocycles. The van der Waals surface area contributed by atoms with Crippen molar-refractivity contribution in [2.24, 2.45) is 11.3 Å². The van der Waals surface area contributed by atoms with Crippen molar-refractivity contribution >= 4 is 22.2 Å². The zero-order chi connectivity index (χ0) is 21.6. The maximum absolute atomic E-state index is 12.6. The van der Waals surface area contributed by atoms with E-state index in [4.69, 9.17) is 14.2 Å². The molecule has 1 aliphatic heterocycles. The first-order chi connectivity index (χ1) is 14.3. The number of carbonyl (C=O) groups is 1. The van der Waals surface area contributed by atoms with Crippen molar-refractivity contribution in [3.05, 3.63) is 33.7 Å². The van der Waals surface area contributed by atoms with Crippen LogP contribution in [0.25, 0.3) is 0 Å². The molecule has 1 N–H and O–H groups in total. The molecule has 162 valence electrons. The fraction of sp³-hybridized carbons (Fsp3) is 0.542. The van der Waals surface area contributed by atoms with Gasteiger partial charge in [-0.05, 0) is 59.4 Å². The Morgan fingerprint density at radius 1 is 1.03 bits per heavy atom. The summed E-state index contributed by atoms with van der Waals surface area (Å²) in [6, 6.07) is 3.97. The van der Waals surface area contributed by atoms with Crippen LogP contribution in [0.3, 0.4) is 0 Å². The monoisotopic (exact) mass is 429 g/mol. The van der Waals surface area contributed by atoms with Crippen molar-refractivity contribution in [2.45, 2.75) is 52.4 Å². The Hall–Kier alpha value is -2.21. The fourth-order valence-corrected chi connectivity index (χ4v) is 6.27. The Labute approximate surface area is 182 Å². The van der Waals surface area contributed by atoms with Crippen molar-refractivity contribution in [1.82, 2.24) is 0 Å². The summed E-state index contributed by atoms with van der Waals surface area (Å²) in [7, 11) is 4.85. The van der Waals surface area contributed by atoms with Crippen LogP contribution in [0.1, 0.15) is 61.1 Å². The van der Waals surface area contributed by atoms with Crippen molar-refractivity contribution in [3.8, 4) is 17.2 Å². The van der Waals surface area contributed by atoms with E-state index in [1.54, 1.807) is 32.7 Å². The first-order valence-corrected chi connectivity index (χ1v) is 11.3. The predicted octanol–water partition coefficient (Wildman–Crippen LogP) is 5.40. The first kappa shape index (κ1) is 21.0. The molecule has 0 saturated heterocycles. The number of fused-ring (bicyclic) bond motifs is 3. The van der Waals surface area contributed by atoms with E-state index in [2.05, 4.69) is 26.1 Å². The molecule has 0 fully saturated rings. The minimum atomic E-state index is -0.00589. The number of rotatable bonds is 4. The Balaban J connectivity index is 1.80. The Bertz CT molecular complexity index is 947. The molecule has 30 heavy (non-hydrogen) atoms. The van der Waals surface area contributed by atoms with Gasteiger partial charge in [0.15, 0.2) is 11.5 Å². The van der Waals surface area contributed by atoms with Crippen LogP contribution >= 0.6 is 11.3 Å². The minimum absolute atomic E-state index is 0.00589. The molecular formula is C24H31NO4S. The summed E-state index contributed by atoms with van der Waals surface area (Å²) in [4.78, 5) is 14.0. The second-order valence-electron chi connectivity index (χ2n) is 9.32. The van der Waals surface area contributed by atoms with Gasteiger partial charge >= 0.3 is 0 Å². The lowest BCUT2D eigenvalue weighted by Crippen LogP contribution is -2.27. The molecule has 6 heteroatoms. The van der Waals surface area contributed by atoms with Crippen molar-refractivity contribution < 1.29 is 19.0 Å². The molecular weight excluding hydrogens is 398 g/mol. The fourth-order valence-electron chi connectivity index (χ4n) is 4.86. The van der Waals surface area contributed by atoms with Crippen LogP contribution in [0.2, 0.25) is 0 Å². The quantitative estimate of drug-likeness (QED) is 0.707. The standard InChI is InChI=1S/C24H31NO4S/c1-24(2,3)14-7-8-15-19(11-14)30-23-21(15)16(12-20(26)25-23)13-9-17(27-4)22(29-6)18(10-13)28-5/h9-10,14,16H,7-8,11-12H2,1-6H3,(H,25,26)/t14-,16-/m1/s1. The third-order valence-electron chi connectivity index (χ3n) is 6.61. The highest BCUT2D eigenvalue weighted by Crippen LogP contribution is 2.51. The van der Waals surface area contributed by atoms with Gasteiger partial charge in [0.25, 0.3) is 0 Å². The van der Waals surface area contributed by atoms with Gasteiger partial charge in [-0.1, -0.05) is 20.8 Å². The van der Waals surface area contributed by atoms with Crippen molar-refractivity contribution in [3.63, 3.8) is 0 Å². The molecule has 2 atom stereocenters. The lowest BCUT2D eigenvalue weighted by molar-refractivity contribution is -0.116. The molecule has 2 aromatic rings. The normalized spacial score (nSPS) is 20.8. The number of ether oxygens (including phenoxy) is 3. The first-order valence-electron chi connectivity index (χ1n) is 10.5. The molecule has 5 nitrogen and oxygen atoms in total. The zero-order valence-corrected chi connectivity index (χ0v) is 19.5. The Kier molecular flexibility index (Phi) is 5.47. The van der Waals surface area contributed by atoms with Gasteiger partial charge in [0.2, 0.25) is 11.7 Å². The smallest absolute Gasteiger partial charge is 0.225 e. The SMILES string of the molecule is COc1cc([C@H]2CC(=O)Nc3sc4c(c32)CC[C@@H](C(C)(C)C)C4)cc(OC)c1OC. The van der Waals surface area contributed by atoms with Gasteiger partial charge in [0.1, 0.15) is 0 Å². The van der Waals surface area contributed by atoms with E-state index in [0.29, 0.717) is 35.0 Å². The van der Waals surface area contributed by atoms with Crippen LogP contribution < -0.4 is 19.5 Å². The summed E-state index contributed by atoms with van der Waals surface area (Å²) in [6.07, 6.45) is 3.78. The van der Waals surface area contributed by atoms with Gasteiger partial charge < -0.3 is 19.5 Å². The largest absolute Gasteiger partial charge is 0.493 e. The van der Waals surface area contributed by atoms with Gasteiger partial charge in [0.05, 0.1) is 26.3 Å². The number of hydrogen-bond acceptors (Lipinski definition) is 5. The predicted molar refractivity (Wildman–Crippen MR) is 120 cm³/mol. The second-order valence-corrected chi connectivity index (χ2v) is 10.4. The molecule has 1 aliphatic carbocycles. The maximum atomic E-state index is 12.6. The van der Waals surface area contributed by atoms with Crippen LogP contribution in [0.15, 0.2) is 12.1 Å². The van der Waals surface area contributed by atoms with Gasteiger partial charge in [-0.3, -0.25) is 4.79 Å². The summed E-state index contributed by atoms with van der Waals surface area (Å²) in [6.45, 7) is 6.99. The number of carbonyl (C=O) groups excluding carboxylic acids is 1. The number of benzene rings is 1. The molecule has 1 aromatic heterocycles. The van der Waals surface area contributed by atoms with Crippen LogP contribution in [-0.2, 0) is 17.6 Å². The Morgan fingerprint density at radius 3 is 2.27 bits per heavy atom. The van der Waals surface area contributed by atoms with Crippen molar-refractivity contribution in [1.29, 1.82) is 0 Å². The summed E-state index contributed by atoms with van der Waals surface area (Å²) < 4.78 is 16.6. The molecule has 2 aliphatic rings. The number of methoxy groups -OCH3 is 3. The Morgan fingerprint density at radius 2 is 1.70 bits per heavy atom. The lowest BCUT2D eigenvalue weighted by Gasteiger charge is -2.34. The van der Waals surface area contributed by atoms with E-state index < -0.39 is 0 Å². The van der Waals surface area contributed by atoms with Gasteiger partial charge in [-0.25, -0.2) is 0 Å². The average molecular weight is 430 g/mol. The molecule has 0 bridgehead atoms. The molecule has 0 unspecified atom stereocenters. The third-order valence-corrected chi connectivity index (χ3v) is 7.80. The second kappa shape index (κ2) is 7.80. The highest BCUT2D eigenvalue weighted by Gasteiger charge is 2.37. The maximum Gasteiger partial charge on any atom is 0.225 e. The summed E-state index contributed by atoms with van der Waals surface area (Å²) in [5, 5.41) is 4.16. The highest BCUT2D eigenvalue weighted by molar-refractivity contribution is 7.16. The molecule has 4 rings (SSSR count).